The van der Waals surface area contributed by atoms with Crippen molar-refractivity contribution < 1.29 is 14.3 Å². The van der Waals surface area contributed by atoms with Crippen molar-refractivity contribution >= 4 is 17.7 Å². The van der Waals surface area contributed by atoms with Gasteiger partial charge in [-0.3, -0.25) is 14.5 Å². The lowest BCUT2D eigenvalue weighted by Crippen LogP contribution is -2.46. The fourth-order valence-electron chi connectivity index (χ4n) is 3.88. The number of hydrogen-bond acceptors (Lipinski definition) is 5. The second-order valence-electron chi connectivity index (χ2n) is 8.83. The van der Waals surface area contributed by atoms with Crippen molar-refractivity contribution in [2.75, 3.05) is 20.6 Å². The molecule has 2 amide bonds. The lowest BCUT2D eigenvalue weighted by molar-refractivity contribution is 0.0192. The van der Waals surface area contributed by atoms with Gasteiger partial charge in [-0.15, -0.1) is 0 Å². The second kappa shape index (κ2) is 9.71. The van der Waals surface area contributed by atoms with Crippen molar-refractivity contribution in [1.29, 1.82) is 0 Å². The highest BCUT2D eigenvalue weighted by Gasteiger charge is 2.53. The number of rotatable bonds is 5. The van der Waals surface area contributed by atoms with Crippen LogP contribution >= 0.6 is 0 Å². The van der Waals surface area contributed by atoms with Gasteiger partial charge in [-0.25, -0.2) is 4.79 Å². The molecule has 0 saturated heterocycles. The SMILES string of the molecule is C=CC(=C)C(=NC)C1(N(C)C(=O)c2cnn3c2CN(C(=O)OC(C)(C)C)CC3)CC1.CC. The average molecular weight is 444 g/mol. The highest BCUT2D eigenvalue weighted by Crippen LogP contribution is 2.45. The summed E-state index contributed by atoms with van der Waals surface area (Å²) in [6.07, 6.45) is 4.52. The molecule has 1 aliphatic heterocycles. The van der Waals surface area contributed by atoms with Crippen LogP contribution in [0.15, 0.2) is 36.0 Å². The van der Waals surface area contributed by atoms with Gasteiger partial charge in [0.2, 0.25) is 0 Å². The number of allylic oxidation sites excluding steroid dienone is 1. The van der Waals surface area contributed by atoms with Gasteiger partial charge in [0.1, 0.15) is 5.60 Å². The molecule has 1 aliphatic carbocycles. The van der Waals surface area contributed by atoms with E-state index in [1.54, 1.807) is 40.8 Å². The molecule has 1 fully saturated rings. The van der Waals surface area contributed by atoms with Crippen molar-refractivity contribution in [3.8, 4) is 0 Å². The molecule has 0 spiro atoms. The van der Waals surface area contributed by atoms with E-state index in [2.05, 4.69) is 23.2 Å². The lowest BCUT2D eigenvalue weighted by atomic mass is 10.00. The molecule has 1 aromatic heterocycles. The predicted octanol–water partition coefficient (Wildman–Crippen LogP) is 4.08. The minimum absolute atomic E-state index is 0.141. The molecule has 1 aromatic rings. The van der Waals surface area contributed by atoms with E-state index in [0.29, 0.717) is 18.7 Å². The number of amides is 2. The fourth-order valence-corrected chi connectivity index (χ4v) is 3.88. The van der Waals surface area contributed by atoms with Crippen LogP contribution in [0.3, 0.4) is 0 Å². The number of aliphatic imine (C=N–C) groups is 1. The second-order valence-corrected chi connectivity index (χ2v) is 8.83. The highest BCUT2D eigenvalue weighted by molar-refractivity contribution is 6.13. The maximum Gasteiger partial charge on any atom is 0.410 e. The van der Waals surface area contributed by atoms with Gasteiger partial charge in [0.15, 0.2) is 0 Å². The lowest BCUT2D eigenvalue weighted by Gasteiger charge is -2.32. The maximum atomic E-state index is 13.4. The maximum absolute atomic E-state index is 13.4. The summed E-state index contributed by atoms with van der Waals surface area (Å²) < 4.78 is 7.28. The molecule has 8 nitrogen and oxygen atoms in total. The number of aromatic nitrogens is 2. The Labute approximate surface area is 191 Å². The van der Waals surface area contributed by atoms with Gasteiger partial charge in [0, 0.05) is 20.6 Å². The summed E-state index contributed by atoms with van der Waals surface area (Å²) >= 11 is 0. The molecule has 0 aromatic carbocycles. The van der Waals surface area contributed by atoms with Gasteiger partial charge >= 0.3 is 6.09 Å². The molecule has 176 valence electrons. The predicted molar refractivity (Wildman–Crippen MR) is 127 cm³/mol. The van der Waals surface area contributed by atoms with Crippen LogP contribution in [0.5, 0.6) is 0 Å². The molecule has 8 heteroatoms. The Morgan fingerprint density at radius 1 is 1.28 bits per heavy atom. The third kappa shape index (κ3) is 4.95. The molecule has 0 N–H and O–H groups in total. The summed E-state index contributed by atoms with van der Waals surface area (Å²) in [5.74, 6) is -0.141. The van der Waals surface area contributed by atoms with Crippen molar-refractivity contribution in [2.45, 2.75) is 71.7 Å². The van der Waals surface area contributed by atoms with E-state index in [1.807, 2.05) is 34.6 Å². The minimum atomic E-state index is -0.574. The Kier molecular flexibility index (Phi) is 7.70. The number of nitrogens with zero attached hydrogens (tertiary/aromatic N) is 5. The first-order valence-electron chi connectivity index (χ1n) is 11.1. The highest BCUT2D eigenvalue weighted by atomic mass is 16.6. The van der Waals surface area contributed by atoms with Gasteiger partial charge < -0.3 is 14.5 Å². The van der Waals surface area contributed by atoms with E-state index >= 15 is 0 Å². The quantitative estimate of drug-likeness (QED) is 0.507. The first-order chi connectivity index (χ1) is 15.0. The largest absolute Gasteiger partial charge is 0.444 e. The molecule has 2 heterocycles. The average Bonchev–Trinajstić information content (AvgIpc) is 3.44. The Bertz CT molecular complexity index is 919. The van der Waals surface area contributed by atoms with Crippen LogP contribution in [-0.4, -0.2) is 69.1 Å². The summed E-state index contributed by atoms with van der Waals surface area (Å²) in [7, 11) is 3.50. The molecule has 0 unspecified atom stereocenters. The summed E-state index contributed by atoms with van der Waals surface area (Å²) in [6, 6.07) is 0. The van der Waals surface area contributed by atoms with Crippen molar-refractivity contribution in [3.05, 3.63) is 42.3 Å². The third-order valence-electron chi connectivity index (χ3n) is 5.64. The zero-order valence-electron chi connectivity index (χ0n) is 20.6. The first kappa shape index (κ1) is 25.4. The molecule has 32 heavy (non-hydrogen) atoms. The van der Waals surface area contributed by atoms with Crippen LogP contribution in [0.4, 0.5) is 4.79 Å². The molecule has 0 radical (unpaired) electrons. The Morgan fingerprint density at radius 2 is 1.91 bits per heavy atom. The first-order valence-corrected chi connectivity index (χ1v) is 11.1. The normalized spacial score (nSPS) is 16.8. The zero-order chi connectivity index (χ0) is 24.3. The van der Waals surface area contributed by atoms with E-state index < -0.39 is 11.1 Å². The summed E-state index contributed by atoms with van der Waals surface area (Å²) in [5.41, 5.74) is 1.68. The van der Waals surface area contributed by atoms with Crippen LogP contribution in [0, 0.1) is 0 Å². The molecule has 3 rings (SSSR count). The van der Waals surface area contributed by atoms with Crippen molar-refractivity contribution in [3.63, 3.8) is 0 Å². The van der Waals surface area contributed by atoms with Crippen LogP contribution in [0.2, 0.25) is 0 Å². The fraction of sp³-hybridized carbons (Fsp3) is 0.583. The van der Waals surface area contributed by atoms with Gasteiger partial charge in [-0.05, 0) is 39.2 Å². The van der Waals surface area contributed by atoms with Crippen LogP contribution in [-0.2, 0) is 17.8 Å². The van der Waals surface area contributed by atoms with Crippen LogP contribution in [0.1, 0.15) is 63.5 Å². The van der Waals surface area contributed by atoms with Crippen molar-refractivity contribution in [1.82, 2.24) is 19.6 Å². The summed E-state index contributed by atoms with van der Waals surface area (Å²) in [5, 5.41) is 4.37. The monoisotopic (exact) mass is 443 g/mol. The topological polar surface area (TPSA) is 80.0 Å². The van der Waals surface area contributed by atoms with Gasteiger partial charge in [0.25, 0.3) is 5.91 Å². The van der Waals surface area contributed by atoms with E-state index in [1.165, 1.54) is 0 Å². The molecule has 0 bridgehead atoms. The third-order valence-corrected chi connectivity index (χ3v) is 5.64. The molecule has 1 saturated carbocycles. The Morgan fingerprint density at radius 3 is 2.41 bits per heavy atom. The van der Waals surface area contributed by atoms with Gasteiger partial charge in [-0.1, -0.05) is 33.1 Å². The Hall–Kier alpha value is -2.90. The zero-order valence-corrected chi connectivity index (χ0v) is 20.6. The molecule has 2 aliphatic rings. The smallest absolute Gasteiger partial charge is 0.410 e. The van der Waals surface area contributed by atoms with Gasteiger partial charge in [0.05, 0.1) is 41.8 Å². The number of ether oxygens (including phenoxy) is 1. The van der Waals surface area contributed by atoms with Crippen molar-refractivity contribution in [2.24, 2.45) is 4.99 Å². The van der Waals surface area contributed by atoms with E-state index in [4.69, 9.17) is 4.74 Å². The standard InChI is InChI=1S/C22H31N5O3.C2H6/c1-8-15(2)18(23-6)22(9-10-22)25(7)19(28)16-13-24-27-12-11-26(14-17(16)27)20(29)30-21(3,4)5;1-2/h8,13H,1-2,9-12,14H2,3-7H3;1-2H3. The minimum Gasteiger partial charge on any atom is -0.444 e. The number of fused-ring (bicyclic) bond motifs is 1. The number of carbonyl (C=O) groups excluding carboxylic acids is 2. The van der Waals surface area contributed by atoms with Crippen LogP contribution < -0.4 is 0 Å². The van der Waals surface area contributed by atoms with E-state index in [0.717, 1.165) is 29.8 Å². The van der Waals surface area contributed by atoms with E-state index in [9.17, 15) is 9.59 Å². The summed E-state index contributed by atoms with van der Waals surface area (Å²) in [4.78, 5) is 33.7. The molecular formula is C24H37N5O3. The number of hydrogen-bond donors (Lipinski definition) is 0. The molecule has 0 atom stereocenters. The Balaban J connectivity index is 0.00000176. The van der Waals surface area contributed by atoms with E-state index in [-0.39, 0.29) is 18.5 Å². The molecular weight excluding hydrogens is 406 g/mol. The number of carbonyl (C=O) groups is 2. The van der Waals surface area contributed by atoms with Gasteiger partial charge in [-0.2, -0.15) is 5.10 Å². The van der Waals surface area contributed by atoms with Crippen LogP contribution in [0.25, 0.3) is 0 Å². The summed E-state index contributed by atoms with van der Waals surface area (Å²) in [6.45, 7) is 18.6.